The van der Waals surface area contributed by atoms with Gasteiger partial charge in [0.15, 0.2) is 28.7 Å². The molecule has 0 bridgehead atoms. The number of hydrogen-bond donors (Lipinski definition) is 0. The number of fused-ring (bicyclic) bond motifs is 6. The predicted molar refractivity (Wildman–Crippen MR) is 248 cm³/mol. The summed E-state index contributed by atoms with van der Waals surface area (Å²) in [7, 11) is 0. The molecule has 0 heterocycles. The van der Waals surface area contributed by atoms with Gasteiger partial charge >= 0.3 is 5.69 Å². The van der Waals surface area contributed by atoms with Gasteiger partial charge in [-0.3, -0.25) is 10.1 Å². The molecule has 0 unspecified atom stereocenters. The maximum absolute atomic E-state index is 13.5. The van der Waals surface area contributed by atoms with Crippen molar-refractivity contribution in [3.05, 3.63) is 40.4 Å². The molecule has 4 rings (SSSR count). The first-order valence-corrected chi connectivity index (χ1v) is 23.5. The summed E-state index contributed by atoms with van der Waals surface area (Å²) in [6.07, 6.45) is 0. The van der Waals surface area contributed by atoms with E-state index in [4.69, 9.17) is 126 Å². The molecular weight excluding hydrogens is 955 g/mol. The van der Waals surface area contributed by atoms with Crippen LogP contribution in [0.25, 0.3) is 32.3 Å². The van der Waals surface area contributed by atoms with Gasteiger partial charge in [0.25, 0.3) is 0 Å². The maximum Gasteiger partial charge on any atom is 0.323 e. The standard InChI is InChI=1S/C42H53Cl6NO14/c43-1-7-52-13-19-58-35-25-30-31-26-37(60-21-15-54-9-3-45)38(61-22-16-55-10-4-46)28-33(31)40-34(32(30)27-36(35)59-20-14-53-8-2-44)29-39(62-23-17-56-11-5-47)42(41(40)49(50)51)63-24-18-57-12-6-48/h25-29H,1-24H2. The van der Waals surface area contributed by atoms with E-state index >= 15 is 0 Å². The number of nitro benzene ring substituents is 1. The molecule has 4 aromatic carbocycles. The summed E-state index contributed by atoms with van der Waals surface area (Å²) < 4.78 is 70.8. The van der Waals surface area contributed by atoms with E-state index in [1.807, 2.05) is 6.07 Å². The molecule has 0 saturated heterocycles. The zero-order valence-corrected chi connectivity index (χ0v) is 39.3. The summed E-state index contributed by atoms with van der Waals surface area (Å²) in [6.45, 7) is 3.66. The second-order valence-electron chi connectivity index (χ2n) is 12.8. The van der Waals surface area contributed by atoms with E-state index < -0.39 is 4.92 Å². The average Bonchev–Trinajstić information content (AvgIpc) is 3.28. The van der Waals surface area contributed by atoms with Crippen LogP contribution in [0.15, 0.2) is 30.3 Å². The first-order chi connectivity index (χ1) is 30.9. The van der Waals surface area contributed by atoms with Gasteiger partial charge in [-0.15, -0.1) is 69.6 Å². The molecule has 352 valence electrons. The number of alkyl halides is 6. The highest BCUT2D eigenvalue weighted by molar-refractivity contribution is 6.29. The van der Waals surface area contributed by atoms with Crippen molar-refractivity contribution < 1.29 is 61.8 Å². The molecule has 0 spiro atoms. The van der Waals surface area contributed by atoms with Crippen molar-refractivity contribution >= 4 is 108 Å². The molecule has 15 nitrogen and oxygen atoms in total. The molecule has 63 heavy (non-hydrogen) atoms. The minimum absolute atomic E-state index is 0.0314. The van der Waals surface area contributed by atoms with Gasteiger partial charge in [-0.1, -0.05) is 0 Å². The molecule has 0 aliphatic rings. The van der Waals surface area contributed by atoms with Crippen molar-refractivity contribution in [3.63, 3.8) is 0 Å². The quantitative estimate of drug-likeness (QED) is 0.0139. The molecule has 0 N–H and O–H groups in total. The molecule has 0 aliphatic heterocycles. The summed E-state index contributed by atoms with van der Waals surface area (Å²) >= 11 is 34.9. The van der Waals surface area contributed by atoms with Crippen LogP contribution in [-0.4, -0.2) is 159 Å². The lowest BCUT2D eigenvalue weighted by atomic mass is 9.92. The first kappa shape index (κ1) is 53.0. The first-order valence-electron chi connectivity index (χ1n) is 20.2. The van der Waals surface area contributed by atoms with Crippen LogP contribution in [0.2, 0.25) is 0 Å². The van der Waals surface area contributed by atoms with Gasteiger partial charge in [0.2, 0.25) is 5.75 Å². The SMILES string of the molecule is O=[N+]([O-])c1c(OCCOCCCl)c(OCCOCCCl)cc2c3cc(OCCOCCCl)c(OCCOCCCl)cc3c3cc(OCCOCCCl)c(OCCOCCCl)cc3c12. The molecule has 4 aromatic rings. The van der Waals surface area contributed by atoms with Gasteiger partial charge in [0, 0.05) is 46.1 Å². The van der Waals surface area contributed by atoms with Crippen LogP contribution in [0.1, 0.15) is 0 Å². The minimum Gasteiger partial charge on any atom is -0.487 e. The molecular formula is C42H53Cl6NO14. The van der Waals surface area contributed by atoms with Gasteiger partial charge < -0.3 is 56.8 Å². The van der Waals surface area contributed by atoms with Gasteiger partial charge in [-0.25, -0.2) is 0 Å². The molecule has 21 heteroatoms. The largest absolute Gasteiger partial charge is 0.487 e. The number of nitrogens with zero attached hydrogens (tertiary/aromatic N) is 1. The van der Waals surface area contributed by atoms with Crippen molar-refractivity contribution in [2.45, 2.75) is 0 Å². The van der Waals surface area contributed by atoms with Crippen molar-refractivity contribution in [3.8, 4) is 34.5 Å². The Morgan fingerprint density at radius 3 is 0.905 bits per heavy atom. The highest BCUT2D eigenvalue weighted by atomic mass is 35.5. The third-order valence-electron chi connectivity index (χ3n) is 8.65. The van der Waals surface area contributed by atoms with E-state index in [1.165, 1.54) is 0 Å². The normalized spacial score (nSPS) is 11.5. The molecule has 0 radical (unpaired) electrons. The Bertz CT molecular complexity index is 1910. The van der Waals surface area contributed by atoms with Crippen molar-refractivity contribution in [2.24, 2.45) is 0 Å². The van der Waals surface area contributed by atoms with Gasteiger partial charge in [0.05, 0.1) is 89.6 Å². The maximum atomic E-state index is 13.5. The van der Waals surface area contributed by atoms with E-state index in [0.717, 1.165) is 0 Å². The number of ether oxygens (including phenoxy) is 12. The number of rotatable bonds is 37. The van der Waals surface area contributed by atoms with Crippen LogP contribution < -0.4 is 28.4 Å². The molecule has 0 fully saturated rings. The van der Waals surface area contributed by atoms with Crippen molar-refractivity contribution in [1.29, 1.82) is 0 Å². The fourth-order valence-electron chi connectivity index (χ4n) is 6.17. The van der Waals surface area contributed by atoms with Crippen LogP contribution in [0.3, 0.4) is 0 Å². The second-order valence-corrected chi connectivity index (χ2v) is 15.1. The number of nitro groups is 1. The average molecular weight is 1010 g/mol. The minimum atomic E-state index is -0.498. The van der Waals surface area contributed by atoms with Crippen LogP contribution in [0.5, 0.6) is 34.5 Å². The third kappa shape index (κ3) is 16.9. The number of benzene rings is 4. The lowest BCUT2D eigenvalue weighted by molar-refractivity contribution is -0.384. The smallest absolute Gasteiger partial charge is 0.323 e. The summed E-state index contributed by atoms with van der Waals surface area (Å²) in [6, 6.07) is 8.75. The zero-order chi connectivity index (χ0) is 45.1. The van der Waals surface area contributed by atoms with Crippen LogP contribution >= 0.6 is 69.6 Å². The fourth-order valence-corrected chi connectivity index (χ4v) is 6.83. The topological polar surface area (TPSA) is 154 Å². The number of hydrogen-bond acceptors (Lipinski definition) is 14. The second kappa shape index (κ2) is 31.3. The van der Waals surface area contributed by atoms with Crippen LogP contribution in [-0.2, 0) is 28.4 Å². The van der Waals surface area contributed by atoms with Crippen molar-refractivity contribution in [2.75, 3.05) is 154 Å². The lowest BCUT2D eigenvalue weighted by Gasteiger charge is -2.21. The zero-order valence-electron chi connectivity index (χ0n) is 34.8. The Hall–Kier alpha value is -2.64. The summed E-state index contributed by atoms with van der Waals surface area (Å²) in [4.78, 5) is 13.0. The summed E-state index contributed by atoms with van der Waals surface area (Å²) in [5.41, 5.74) is -0.360. The highest BCUT2D eigenvalue weighted by Gasteiger charge is 2.30. The highest BCUT2D eigenvalue weighted by Crippen LogP contribution is 2.52. The van der Waals surface area contributed by atoms with Crippen molar-refractivity contribution in [1.82, 2.24) is 0 Å². The molecule has 0 aromatic heterocycles. The Kier molecular flexibility index (Phi) is 26.3. The Morgan fingerprint density at radius 2 is 0.603 bits per heavy atom. The van der Waals surface area contributed by atoms with Gasteiger partial charge in [-0.2, -0.15) is 0 Å². The van der Waals surface area contributed by atoms with Crippen LogP contribution in [0, 0.1) is 10.1 Å². The summed E-state index contributed by atoms with van der Waals surface area (Å²) in [5.74, 6) is 3.17. The lowest BCUT2D eigenvalue weighted by Crippen LogP contribution is -2.13. The van der Waals surface area contributed by atoms with E-state index in [1.54, 1.807) is 24.3 Å². The molecule has 0 atom stereocenters. The third-order valence-corrected chi connectivity index (χ3v) is 9.58. The van der Waals surface area contributed by atoms with Gasteiger partial charge in [0.1, 0.15) is 39.6 Å². The molecule has 0 amide bonds. The molecule has 0 saturated carbocycles. The Labute approximate surface area is 396 Å². The Morgan fingerprint density at radius 1 is 0.349 bits per heavy atom. The van der Waals surface area contributed by atoms with Gasteiger partial charge in [-0.05, 0) is 46.5 Å². The monoisotopic (exact) mass is 1010 g/mol. The van der Waals surface area contributed by atoms with Crippen LogP contribution in [0.4, 0.5) is 5.69 Å². The Balaban J connectivity index is 2.07. The van der Waals surface area contributed by atoms with E-state index in [-0.39, 0.29) is 120 Å². The molecule has 0 aliphatic carbocycles. The van der Waals surface area contributed by atoms with E-state index in [0.29, 0.717) is 106 Å². The van der Waals surface area contributed by atoms with E-state index in [9.17, 15) is 10.1 Å². The summed E-state index contributed by atoms with van der Waals surface area (Å²) in [5, 5.41) is 16.3. The number of halogens is 6. The fraction of sp³-hybridized carbons (Fsp3) is 0.571. The van der Waals surface area contributed by atoms with E-state index in [2.05, 4.69) is 0 Å². The predicted octanol–water partition coefficient (Wildman–Crippen LogP) is 8.86.